The summed E-state index contributed by atoms with van der Waals surface area (Å²) in [6.45, 7) is 0.710. The smallest absolute Gasteiger partial charge is 0.0705 e. The number of hydrogen-bond donors (Lipinski definition) is 1. The molecule has 2 rings (SSSR count). The van der Waals surface area contributed by atoms with Gasteiger partial charge in [0.15, 0.2) is 0 Å². The monoisotopic (exact) mass is 141 g/mol. The van der Waals surface area contributed by atoms with Crippen LogP contribution < -0.4 is 5.73 Å². The quantitative estimate of drug-likeness (QED) is 0.592. The number of ether oxygens (including phenoxy) is 1. The molecule has 2 N–H and O–H groups in total. The Bertz CT molecular complexity index is 131. The van der Waals surface area contributed by atoms with Gasteiger partial charge in [0, 0.05) is 6.54 Å². The predicted octanol–water partition coefficient (Wildman–Crippen LogP) is 1.05. The third-order valence-electron chi connectivity index (χ3n) is 2.87. The molecule has 0 amide bonds. The van der Waals surface area contributed by atoms with Crippen molar-refractivity contribution in [2.24, 2.45) is 5.73 Å². The Morgan fingerprint density at radius 3 is 2.50 bits per heavy atom. The van der Waals surface area contributed by atoms with E-state index in [-0.39, 0.29) is 0 Å². The molecule has 1 saturated heterocycles. The van der Waals surface area contributed by atoms with Crippen LogP contribution in [0.3, 0.4) is 0 Å². The largest absolute Gasteiger partial charge is 0.370 e. The number of nitrogens with two attached hydrogens (primary N) is 1. The van der Waals surface area contributed by atoms with Gasteiger partial charge in [-0.3, -0.25) is 0 Å². The summed E-state index contributed by atoms with van der Waals surface area (Å²) < 4.78 is 5.81. The van der Waals surface area contributed by atoms with Gasteiger partial charge in [-0.2, -0.15) is 0 Å². The fourth-order valence-corrected chi connectivity index (χ4v) is 2.00. The molecule has 1 aliphatic heterocycles. The van der Waals surface area contributed by atoms with Crippen molar-refractivity contribution >= 4 is 0 Å². The van der Waals surface area contributed by atoms with Crippen LogP contribution in [-0.2, 0) is 4.74 Å². The number of hydrogen-bond acceptors (Lipinski definition) is 2. The van der Waals surface area contributed by atoms with E-state index in [0.717, 1.165) is 0 Å². The van der Waals surface area contributed by atoms with Crippen molar-refractivity contribution < 1.29 is 4.74 Å². The zero-order chi connectivity index (χ0) is 7.03. The fraction of sp³-hybridized carbons (Fsp3) is 1.00. The Labute approximate surface area is 61.7 Å². The lowest BCUT2D eigenvalue weighted by Crippen LogP contribution is -2.37. The Hall–Kier alpha value is -0.0800. The first-order valence-electron chi connectivity index (χ1n) is 4.23. The zero-order valence-electron chi connectivity index (χ0n) is 6.31. The second-order valence-corrected chi connectivity index (χ2v) is 3.55. The highest BCUT2D eigenvalue weighted by atomic mass is 16.5. The van der Waals surface area contributed by atoms with Gasteiger partial charge in [0.1, 0.15) is 0 Å². The van der Waals surface area contributed by atoms with Crippen molar-refractivity contribution in [3.05, 3.63) is 0 Å². The molecule has 0 bridgehead atoms. The average Bonchev–Trinajstić information content (AvgIpc) is 2.29. The molecule has 1 spiro atoms. The van der Waals surface area contributed by atoms with Crippen LogP contribution in [0.1, 0.15) is 32.1 Å². The normalized spacial score (nSPS) is 36.3. The molecule has 2 heteroatoms. The highest BCUT2D eigenvalue weighted by Crippen LogP contribution is 2.45. The SMILES string of the molecule is NCC1CCC2(CCC2)O1. The van der Waals surface area contributed by atoms with Crippen LogP contribution in [0.15, 0.2) is 0 Å². The maximum atomic E-state index is 5.81. The van der Waals surface area contributed by atoms with Crippen LogP contribution in [0.4, 0.5) is 0 Å². The van der Waals surface area contributed by atoms with Gasteiger partial charge in [-0.1, -0.05) is 0 Å². The van der Waals surface area contributed by atoms with Crippen LogP contribution in [0, 0.1) is 0 Å². The van der Waals surface area contributed by atoms with Crippen LogP contribution >= 0.6 is 0 Å². The van der Waals surface area contributed by atoms with Gasteiger partial charge in [-0.25, -0.2) is 0 Å². The minimum atomic E-state index is 0.310. The molecule has 1 atom stereocenters. The van der Waals surface area contributed by atoms with Gasteiger partial charge < -0.3 is 10.5 Å². The minimum absolute atomic E-state index is 0.310. The van der Waals surface area contributed by atoms with E-state index in [9.17, 15) is 0 Å². The first-order valence-corrected chi connectivity index (χ1v) is 4.23. The molecule has 1 unspecified atom stereocenters. The average molecular weight is 141 g/mol. The Morgan fingerprint density at radius 1 is 1.40 bits per heavy atom. The molecule has 0 aromatic rings. The molecular weight excluding hydrogens is 126 g/mol. The minimum Gasteiger partial charge on any atom is -0.370 e. The van der Waals surface area contributed by atoms with E-state index >= 15 is 0 Å². The van der Waals surface area contributed by atoms with E-state index in [1.54, 1.807) is 0 Å². The lowest BCUT2D eigenvalue weighted by Gasteiger charge is -2.37. The fourth-order valence-electron chi connectivity index (χ4n) is 2.00. The molecule has 0 radical (unpaired) electrons. The third-order valence-corrected chi connectivity index (χ3v) is 2.87. The van der Waals surface area contributed by atoms with Gasteiger partial charge in [-0.05, 0) is 32.1 Å². The van der Waals surface area contributed by atoms with Crippen molar-refractivity contribution in [1.29, 1.82) is 0 Å². The van der Waals surface area contributed by atoms with E-state index in [4.69, 9.17) is 10.5 Å². The van der Waals surface area contributed by atoms with E-state index in [0.29, 0.717) is 18.2 Å². The molecular formula is C8H15NO. The first kappa shape index (κ1) is 6.62. The van der Waals surface area contributed by atoms with Crippen molar-refractivity contribution in [3.63, 3.8) is 0 Å². The van der Waals surface area contributed by atoms with Crippen molar-refractivity contribution in [2.75, 3.05) is 6.54 Å². The van der Waals surface area contributed by atoms with Gasteiger partial charge in [0.25, 0.3) is 0 Å². The summed E-state index contributed by atoms with van der Waals surface area (Å²) in [5.74, 6) is 0. The molecule has 0 aromatic heterocycles. The molecule has 1 heterocycles. The van der Waals surface area contributed by atoms with Crippen molar-refractivity contribution in [2.45, 2.75) is 43.8 Å². The summed E-state index contributed by atoms with van der Waals surface area (Å²) in [7, 11) is 0. The van der Waals surface area contributed by atoms with Crippen LogP contribution in [0.2, 0.25) is 0 Å². The summed E-state index contributed by atoms with van der Waals surface area (Å²) in [4.78, 5) is 0. The maximum absolute atomic E-state index is 5.81. The Morgan fingerprint density at radius 2 is 2.20 bits per heavy atom. The van der Waals surface area contributed by atoms with Crippen LogP contribution in [0.25, 0.3) is 0 Å². The molecule has 2 fully saturated rings. The Balaban J connectivity index is 1.92. The lowest BCUT2D eigenvalue weighted by atomic mass is 9.78. The van der Waals surface area contributed by atoms with Crippen molar-refractivity contribution in [3.8, 4) is 0 Å². The topological polar surface area (TPSA) is 35.2 Å². The van der Waals surface area contributed by atoms with E-state index in [2.05, 4.69) is 0 Å². The van der Waals surface area contributed by atoms with E-state index in [1.807, 2.05) is 0 Å². The molecule has 2 aliphatic rings. The first-order chi connectivity index (χ1) is 4.85. The lowest BCUT2D eigenvalue weighted by molar-refractivity contribution is -0.0877. The summed E-state index contributed by atoms with van der Waals surface area (Å²) in [6, 6.07) is 0. The molecule has 2 nitrogen and oxygen atoms in total. The van der Waals surface area contributed by atoms with Gasteiger partial charge >= 0.3 is 0 Å². The second-order valence-electron chi connectivity index (χ2n) is 3.55. The van der Waals surface area contributed by atoms with Crippen LogP contribution in [-0.4, -0.2) is 18.2 Å². The molecule has 1 aliphatic carbocycles. The van der Waals surface area contributed by atoms with Gasteiger partial charge in [-0.15, -0.1) is 0 Å². The van der Waals surface area contributed by atoms with E-state index < -0.39 is 0 Å². The second kappa shape index (κ2) is 2.21. The van der Waals surface area contributed by atoms with Gasteiger partial charge in [0.05, 0.1) is 11.7 Å². The molecule has 10 heavy (non-hydrogen) atoms. The van der Waals surface area contributed by atoms with Crippen LogP contribution in [0.5, 0.6) is 0 Å². The van der Waals surface area contributed by atoms with Crippen molar-refractivity contribution in [1.82, 2.24) is 0 Å². The summed E-state index contributed by atoms with van der Waals surface area (Å²) >= 11 is 0. The zero-order valence-corrected chi connectivity index (χ0v) is 6.31. The highest BCUT2D eigenvalue weighted by Gasteiger charge is 2.44. The standard InChI is InChI=1S/C8H15NO/c9-6-7-2-5-8(10-7)3-1-4-8/h7H,1-6,9H2. The van der Waals surface area contributed by atoms with E-state index in [1.165, 1.54) is 32.1 Å². The molecule has 58 valence electrons. The maximum Gasteiger partial charge on any atom is 0.0705 e. The molecule has 1 saturated carbocycles. The predicted molar refractivity (Wildman–Crippen MR) is 39.7 cm³/mol. The summed E-state index contributed by atoms with van der Waals surface area (Å²) in [6.07, 6.45) is 6.75. The Kier molecular flexibility index (Phi) is 1.46. The molecule has 0 aromatic carbocycles. The number of rotatable bonds is 1. The summed E-state index contributed by atoms with van der Waals surface area (Å²) in [5, 5.41) is 0. The highest BCUT2D eigenvalue weighted by molar-refractivity contribution is 4.95. The summed E-state index contributed by atoms with van der Waals surface area (Å²) in [5.41, 5.74) is 5.82. The third kappa shape index (κ3) is 0.867. The van der Waals surface area contributed by atoms with Gasteiger partial charge in [0.2, 0.25) is 0 Å².